The zero-order chi connectivity index (χ0) is 8.49. The Morgan fingerprint density at radius 1 is 0.583 bits per heavy atom. The summed E-state index contributed by atoms with van der Waals surface area (Å²) >= 11 is 0. The van der Waals surface area contributed by atoms with Crippen molar-refractivity contribution in [2.75, 3.05) is 0 Å². The Balaban J connectivity index is 2.18. The van der Waals surface area contributed by atoms with E-state index in [1.54, 1.807) is 0 Å². The van der Waals surface area contributed by atoms with Crippen molar-refractivity contribution in [3.8, 4) is 0 Å². The first-order valence-electron chi connectivity index (χ1n) is 5.13. The second-order valence-corrected chi connectivity index (χ2v) is 3.35. The van der Waals surface area contributed by atoms with Gasteiger partial charge < -0.3 is 0 Å². The van der Waals surface area contributed by atoms with Gasteiger partial charge in [-0.2, -0.15) is 0 Å². The van der Waals surface area contributed by atoms with Crippen LogP contribution in [-0.2, 0) is 0 Å². The summed E-state index contributed by atoms with van der Waals surface area (Å²) in [4.78, 5) is 0. The van der Waals surface area contributed by atoms with Gasteiger partial charge in [-0.3, -0.25) is 0 Å². The minimum atomic E-state index is 1.24. The molecule has 0 aromatic carbocycles. The molecule has 0 heteroatoms. The van der Waals surface area contributed by atoms with Gasteiger partial charge in [-0.25, -0.2) is 0 Å². The summed E-state index contributed by atoms with van der Waals surface area (Å²) in [6.45, 7) is 0. The first-order chi connectivity index (χ1) is 6.00. The Morgan fingerprint density at radius 2 is 1.25 bits per heavy atom. The van der Waals surface area contributed by atoms with Crippen molar-refractivity contribution >= 4 is 0 Å². The fraction of sp³-hybridized carbons (Fsp3) is 0.583. The van der Waals surface area contributed by atoms with Gasteiger partial charge in [0.05, 0.1) is 0 Å². The van der Waals surface area contributed by atoms with Gasteiger partial charge in [-0.15, -0.1) is 0 Å². The minimum Gasteiger partial charge on any atom is -0.0885 e. The molecule has 0 N–H and O–H groups in total. The average Bonchev–Trinajstić information content (AvgIpc) is 2.05. The largest absolute Gasteiger partial charge is 0.0885 e. The predicted octanol–water partition coefficient (Wildman–Crippen LogP) is 4.05. The summed E-state index contributed by atoms with van der Waals surface area (Å²) in [7, 11) is 0. The molecule has 0 aromatic heterocycles. The first kappa shape index (κ1) is 9.57. The zero-order valence-electron chi connectivity index (χ0n) is 7.84. The van der Waals surface area contributed by atoms with E-state index in [1.807, 2.05) is 0 Å². The molecule has 67 valence electrons. The van der Waals surface area contributed by atoms with Crippen molar-refractivity contribution in [2.45, 2.75) is 44.9 Å². The summed E-state index contributed by atoms with van der Waals surface area (Å²) in [5, 5.41) is 0. The molecule has 0 fully saturated rings. The van der Waals surface area contributed by atoms with Crippen molar-refractivity contribution in [1.29, 1.82) is 0 Å². The van der Waals surface area contributed by atoms with E-state index < -0.39 is 0 Å². The van der Waals surface area contributed by atoms with Crippen LogP contribution in [0.3, 0.4) is 0 Å². The number of rotatable bonds is 0. The van der Waals surface area contributed by atoms with Crippen LogP contribution in [0.5, 0.6) is 0 Å². The molecule has 1 radical (unpaired) electrons. The monoisotopic (exact) mass is 163 g/mol. The average molecular weight is 163 g/mol. The summed E-state index contributed by atoms with van der Waals surface area (Å²) in [5.41, 5.74) is 0. The maximum atomic E-state index is 2.34. The Hall–Kier alpha value is -0.520. The zero-order valence-corrected chi connectivity index (χ0v) is 7.84. The van der Waals surface area contributed by atoms with E-state index in [-0.39, 0.29) is 0 Å². The molecule has 1 aliphatic rings. The molecule has 0 atom stereocenters. The highest BCUT2D eigenvalue weighted by Gasteiger charge is 1.87. The lowest BCUT2D eigenvalue weighted by Crippen LogP contribution is -1.78. The van der Waals surface area contributed by atoms with Gasteiger partial charge >= 0.3 is 0 Å². The van der Waals surface area contributed by atoms with Crippen molar-refractivity contribution < 1.29 is 0 Å². The van der Waals surface area contributed by atoms with Crippen LogP contribution < -0.4 is 0 Å². The van der Waals surface area contributed by atoms with E-state index in [0.29, 0.717) is 0 Å². The molecule has 0 saturated heterocycles. The van der Waals surface area contributed by atoms with Gasteiger partial charge in [-0.1, -0.05) is 24.3 Å². The van der Waals surface area contributed by atoms with Gasteiger partial charge in [0.1, 0.15) is 0 Å². The molecular formula is C12H19. The normalized spacial score (nSPS) is 26.7. The highest BCUT2D eigenvalue weighted by Crippen LogP contribution is 2.07. The molecule has 0 bridgehead atoms. The van der Waals surface area contributed by atoms with E-state index in [2.05, 4.69) is 30.7 Å². The lowest BCUT2D eigenvalue weighted by atomic mass is 10.1. The highest BCUT2D eigenvalue weighted by atomic mass is 13.9. The molecule has 0 heterocycles. The van der Waals surface area contributed by atoms with Crippen LogP contribution in [0.25, 0.3) is 0 Å². The molecule has 1 aliphatic carbocycles. The standard InChI is InChI=1S/C12H19/c1-2-4-6-8-10-12-11-9-7-5-3-1/h1-3,10,12H,4-9,11H2/b3-1-,12-10+. The Bertz CT molecular complexity index is 108. The molecule has 0 aliphatic heterocycles. The molecule has 0 nitrogen and oxygen atoms in total. The van der Waals surface area contributed by atoms with Crippen LogP contribution in [0.15, 0.2) is 24.3 Å². The van der Waals surface area contributed by atoms with Crippen LogP contribution in [0, 0.1) is 6.42 Å². The summed E-state index contributed by atoms with van der Waals surface area (Å²) in [6.07, 6.45) is 20.5. The third kappa shape index (κ3) is 5.17. The predicted molar refractivity (Wildman–Crippen MR) is 54.9 cm³/mol. The maximum Gasteiger partial charge on any atom is -0.0170 e. The first-order valence-corrected chi connectivity index (χ1v) is 5.13. The molecule has 0 saturated carbocycles. The Labute approximate surface area is 76.4 Å². The van der Waals surface area contributed by atoms with E-state index in [1.165, 1.54) is 44.9 Å². The van der Waals surface area contributed by atoms with Crippen molar-refractivity contribution in [3.05, 3.63) is 30.7 Å². The van der Waals surface area contributed by atoms with Gasteiger partial charge in [0.25, 0.3) is 0 Å². The van der Waals surface area contributed by atoms with Gasteiger partial charge in [0, 0.05) is 0 Å². The molecule has 12 heavy (non-hydrogen) atoms. The third-order valence-electron chi connectivity index (χ3n) is 2.17. The number of allylic oxidation sites excluding steroid dienone is 4. The van der Waals surface area contributed by atoms with Crippen molar-refractivity contribution in [3.63, 3.8) is 0 Å². The summed E-state index contributed by atoms with van der Waals surface area (Å²) < 4.78 is 0. The maximum absolute atomic E-state index is 2.34. The molecule has 0 unspecified atom stereocenters. The van der Waals surface area contributed by atoms with Gasteiger partial charge in [0.2, 0.25) is 0 Å². The lowest BCUT2D eigenvalue weighted by Gasteiger charge is -1.97. The molecule has 0 aromatic rings. The van der Waals surface area contributed by atoms with Crippen molar-refractivity contribution in [2.24, 2.45) is 0 Å². The van der Waals surface area contributed by atoms with E-state index in [0.717, 1.165) is 0 Å². The van der Waals surface area contributed by atoms with Gasteiger partial charge in [0.15, 0.2) is 0 Å². The smallest absolute Gasteiger partial charge is 0.0170 e. The second kappa shape index (κ2) is 7.15. The van der Waals surface area contributed by atoms with Gasteiger partial charge in [-0.05, 0) is 51.4 Å². The minimum absolute atomic E-state index is 1.24. The van der Waals surface area contributed by atoms with E-state index >= 15 is 0 Å². The molecular weight excluding hydrogens is 144 g/mol. The second-order valence-electron chi connectivity index (χ2n) is 3.35. The van der Waals surface area contributed by atoms with E-state index in [4.69, 9.17) is 0 Å². The summed E-state index contributed by atoms with van der Waals surface area (Å²) in [5.74, 6) is 0. The molecule has 1 rings (SSSR count). The van der Waals surface area contributed by atoms with Crippen LogP contribution in [0.4, 0.5) is 0 Å². The number of hydrogen-bond donors (Lipinski definition) is 0. The fourth-order valence-corrected chi connectivity index (χ4v) is 1.40. The quantitative estimate of drug-likeness (QED) is 0.473. The topological polar surface area (TPSA) is 0 Å². The molecule has 0 amide bonds. The van der Waals surface area contributed by atoms with Crippen LogP contribution in [-0.4, -0.2) is 0 Å². The Morgan fingerprint density at radius 3 is 2.08 bits per heavy atom. The fourth-order valence-electron chi connectivity index (χ4n) is 1.40. The van der Waals surface area contributed by atoms with E-state index in [9.17, 15) is 0 Å². The Kier molecular flexibility index (Phi) is 5.70. The lowest BCUT2D eigenvalue weighted by molar-refractivity contribution is 0.753. The highest BCUT2D eigenvalue weighted by molar-refractivity contribution is 4.95. The molecule has 0 spiro atoms. The SMILES string of the molecule is [CH]1/C=C\CCCC/C=C/CCC1. The third-order valence-corrected chi connectivity index (χ3v) is 2.17. The van der Waals surface area contributed by atoms with Crippen LogP contribution >= 0.6 is 0 Å². The summed E-state index contributed by atoms with van der Waals surface area (Å²) in [6, 6.07) is 0. The van der Waals surface area contributed by atoms with Crippen LogP contribution in [0.2, 0.25) is 0 Å². The number of hydrogen-bond acceptors (Lipinski definition) is 0. The van der Waals surface area contributed by atoms with Crippen molar-refractivity contribution in [1.82, 2.24) is 0 Å². The van der Waals surface area contributed by atoms with Crippen LogP contribution in [0.1, 0.15) is 44.9 Å².